The van der Waals surface area contributed by atoms with Crippen molar-refractivity contribution in [3.8, 4) is 22.8 Å². The fourth-order valence-electron chi connectivity index (χ4n) is 3.68. The predicted octanol–water partition coefficient (Wildman–Crippen LogP) is 4.14. The molecule has 0 atom stereocenters. The van der Waals surface area contributed by atoms with E-state index < -0.39 is 0 Å². The Bertz CT molecular complexity index is 1120. The minimum absolute atomic E-state index is 0.299. The molecule has 1 saturated heterocycles. The van der Waals surface area contributed by atoms with Gasteiger partial charge >= 0.3 is 0 Å². The number of hydrogen-bond acceptors (Lipinski definition) is 10. The van der Waals surface area contributed by atoms with Gasteiger partial charge in [-0.3, -0.25) is 4.90 Å². The van der Waals surface area contributed by atoms with Crippen LogP contribution in [0.4, 0.5) is 17.3 Å². The van der Waals surface area contributed by atoms with Crippen molar-refractivity contribution in [1.29, 1.82) is 0 Å². The van der Waals surface area contributed by atoms with E-state index >= 15 is 0 Å². The summed E-state index contributed by atoms with van der Waals surface area (Å²) in [6.45, 7) is 5.37. The number of ether oxygens (including phenoxy) is 3. The molecule has 0 radical (unpaired) electrons. The summed E-state index contributed by atoms with van der Waals surface area (Å²) in [6.07, 6.45) is 5.59. The average molecular weight is 520 g/mol. The van der Waals surface area contributed by atoms with Crippen molar-refractivity contribution in [1.82, 2.24) is 24.8 Å². The van der Waals surface area contributed by atoms with Crippen LogP contribution < -0.4 is 20.1 Å². The Labute approximate surface area is 214 Å². The number of anilines is 3. The van der Waals surface area contributed by atoms with Crippen LogP contribution in [0.5, 0.6) is 11.5 Å². The molecule has 0 bridgehead atoms. The summed E-state index contributed by atoms with van der Waals surface area (Å²) >= 11 is 13.1. The summed E-state index contributed by atoms with van der Waals surface area (Å²) in [5.41, 5.74) is 1.70. The second-order valence-electron chi connectivity index (χ2n) is 7.72. The molecule has 12 heteroatoms. The zero-order valence-corrected chi connectivity index (χ0v) is 21.1. The van der Waals surface area contributed by atoms with Gasteiger partial charge in [-0.1, -0.05) is 23.2 Å². The van der Waals surface area contributed by atoms with Gasteiger partial charge in [0.05, 0.1) is 44.4 Å². The molecule has 3 heterocycles. The van der Waals surface area contributed by atoms with Crippen LogP contribution in [0.1, 0.15) is 6.42 Å². The van der Waals surface area contributed by atoms with Crippen LogP contribution in [0.25, 0.3) is 11.3 Å². The minimum atomic E-state index is 0.299. The van der Waals surface area contributed by atoms with Crippen molar-refractivity contribution in [2.75, 3.05) is 64.2 Å². The third-order valence-electron chi connectivity index (χ3n) is 5.53. The summed E-state index contributed by atoms with van der Waals surface area (Å²) in [5.74, 6) is 2.01. The largest absolute Gasteiger partial charge is 0.495 e. The first-order valence-electron chi connectivity index (χ1n) is 11.1. The Morgan fingerprint density at radius 3 is 2.46 bits per heavy atom. The van der Waals surface area contributed by atoms with Crippen molar-refractivity contribution in [3.05, 3.63) is 41.0 Å². The van der Waals surface area contributed by atoms with Crippen LogP contribution >= 0.6 is 23.2 Å². The molecule has 35 heavy (non-hydrogen) atoms. The van der Waals surface area contributed by atoms with E-state index in [-0.39, 0.29) is 0 Å². The molecule has 0 saturated carbocycles. The van der Waals surface area contributed by atoms with Crippen LogP contribution in [-0.4, -0.2) is 78.4 Å². The Kier molecular flexibility index (Phi) is 8.75. The van der Waals surface area contributed by atoms with E-state index in [1.165, 1.54) is 26.9 Å². The molecule has 10 nitrogen and oxygen atoms in total. The van der Waals surface area contributed by atoms with Gasteiger partial charge in [0.15, 0.2) is 0 Å². The molecule has 1 aromatic carbocycles. The van der Waals surface area contributed by atoms with Gasteiger partial charge in [0, 0.05) is 38.0 Å². The lowest BCUT2D eigenvalue weighted by Gasteiger charge is -2.26. The van der Waals surface area contributed by atoms with E-state index in [1.807, 2.05) is 6.07 Å². The van der Waals surface area contributed by atoms with Gasteiger partial charge in [0.25, 0.3) is 0 Å². The zero-order chi connectivity index (χ0) is 24.6. The fraction of sp³-hybridized carbons (Fsp3) is 0.391. The molecule has 0 unspecified atom stereocenters. The maximum atomic E-state index is 6.53. The van der Waals surface area contributed by atoms with Crippen LogP contribution in [0.2, 0.25) is 10.0 Å². The third kappa shape index (κ3) is 6.21. The second kappa shape index (κ2) is 12.2. The lowest BCUT2D eigenvalue weighted by atomic mass is 10.2. The molecule has 1 fully saturated rings. The lowest BCUT2D eigenvalue weighted by Crippen LogP contribution is -2.37. The van der Waals surface area contributed by atoms with E-state index in [1.54, 1.807) is 12.3 Å². The molecule has 0 spiro atoms. The normalized spacial score (nSPS) is 13.9. The molecular weight excluding hydrogens is 493 g/mol. The van der Waals surface area contributed by atoms with Gasteiger partial charge in [-0.25, -0.2) is 19.9 Å². The van der Waals surface area contributed by atoms with E-state index in [0.717, 1.165) is 45.8 Å². The highest BCUT2D eigenvalue weighted by Crippen LogP contribution is 2.45. The number of methoxy groups -OCH3 is 2. The number of halogens is 2. The maximum absolute atomic E-state index is 6.53. The highest BCUT2D eigenvalue weighted by atomic mass is 35.5. The number of nitrogens with zero attached hydrogens (tertiary/aromatic N) is 5. The standard InChI is InChI=1S/C23H27Cl2N7O3/c1-33-17-11-18(34-2)21(25)22(20(17)24)31-23-15(12-26-13-30-23)16-10-19(29-14-28-16)27-4-3-5-32-6-8-35-9-7-32/h10-14H,3-9H2,1-2H3,(H,26,30,31)(H,27,28,29). The number of aromatic nitrogens is 4. The predicted molar refractivity (Wildman–Crippen MR) is 136 cm³/mol. The summed E-state index contributed by atoms with van der Waals surface area (Å²) in [5, 5.41) is 7.16. The van der Waals surface area contributed by atoms with E-state index in [9.17, 15) is 0 Å². The maximum Gasteiger partial charge on any atom is 0.143 e. The van der Waals surface area contributed by atoms with Gasteiger partial charge in [-0.05, 0) is 13.0 Å². The van der Waals surface area contributed by atoms with Gasteiger partial charge in [0.2, 0.25) is 0 Å². The van der Waals surface area contributed by atoms with Gasteiger partial charge < -0.3 is 24.8 Å². The number of hydrogen-bond donors (Lipinski definition) is 2. The Morgan fingerprint density at radius 1 is 1.00 bits per heavy atom. The third-order valence-corrected chi connectivity index (χ3v) is 6.28. The fourth-order valence-corrected chi connectivity index (χ4v) is 4.27. The van der Waals surface area contributed by atoms with Crippen molar-refractivity contribution in [2.24, 2.45) is 0 Å². The van der Waals surface area contributed by atoms with Gasteiger partial charge in [-0.2, -0.15) is 0 Å². The molecule has 186 valence electrons. The molecule has 1 aliphatic heterocycles. The van der Waals surface area contributed by atoms with Crippen LogP contribution in [0.15, 0.2) is 31.0 Å². The monoisotopic (exact) mass is 519 g/mol. The van der Waals surface area contributed by atoms with E-state index in [2.05, 4.69) is 35.5 Å². The number of nitrogens with one attached hydrogen (secondary N) is 2. The molecule has 3 aromatic rings. The average Bonchev–Trinajstić information content (AvgIpc) is 2.90. The summed E-state index contributed by atoms with van der Waals surface area (Å²) in [6, 6.07) is 3.48. The lowest BCUT2D eigenvalue weighted by molar-refractivity contribution is 0.0378. The zero-order valence-electron chi connectivity index (χ0n) is 19.6. The summed E-state index contributed by atoms with van der Waals surface area (Å²) in [4.78, 5) is 19.7. The quantitative estimate of drug-likeness (QED) is 0.379. The van der Waals surface area contributed by atoms with Crippen LogP contribution in [0.3, 0.4) is 0 Å². The summed E-state index contributed by atoms with van der Waals surface area (Å²) < 4.78 is 16.1. The first kappa shape index (κ1) is 25.2. The van der Waals surface area contributed by atoms with E-state index in [0.29, 0.717) is 50.1 Å². The Hall–Kier alpha value is -2.92. The Balaban J connectivity index is 1.51. The Morgan fingerprint density at radius 2 is 1.74 bits per heavy atom. The molecule has 1 aliphatic rings. The van der Waals surface area contributed by atoms with Gasteiger partial charge in [0.1, 0.15) is 45.8 Å². The number of morpholine rings is 1. The van der Waals surface area contributed by atoms with E-state index in [4.69, 9.17) is 37.4 Å². The van der Waals surface area contributed by atoms with Crippen molar-refractivity contribution in [3.63, 3.8) is 0 Å². The second-order valence-corrected chi connectivity index (χ2v) is 8.47. The summed E-state index contributed by atoms with van der Waals surface area (Å²) in [7, 11) is 3.04. The minimum Gasteiger partial charge on any atom is -0.495 e. The highest BCUT2D eigenvalue weighted by Gasteiger charge is 2.20. The molecular formula is C23H27Cl2N7O3. The molecule has 2 N–H and O–H groups in total. The molecule has 0 aliphatic carbocycles. The first-order valence-corrected chi connectivity index (χ1v) is 11.9. The molecule has 0 amide bonds. The smallest absolute Gasteiger partial charge is 0.143 e. The van der Waals surface area contributed by atoms with Crippen molar-refractivity contribution < 1.29 is 14.2 Å². The first-order chi connectivity index (χ1) is 17.1. The molecule has 4 rings (SSSR count). The molecule has 2 aromatic heterocycles. The van der Waals surface area contributed by atoms with Crippen LogP contribution in [0, 0.1) is 0 Å². The van der Waals surface area contributed by atoms with Crippen molar-refractivity contribution in [2.45, 2.75) is 6.42 Å². The number of rotatable bonds is 10. The van der Waals surface area contributed by atoms with Crippen LogP contribution in [-0.2, 0) is 4.74 Å². The highest BCUT2D eigenvalue weighted by molar-refractivity contribution is 6.41. The SMILES string of the molecule is COc1cc(OC)c(Cl)c(Nc2ncncc2-c2cc(NCCCN3CCOCC3)ncn2)c1Cl. The van der Waals surface area contributed by atoms with Crippen molar-refractivity contribution >= 4 is 40.5 Å². The van der Waals surface area contributed by atoms with Gasteiger partial charge in [-0.15, -0.1) is 0 Å². The topological polar surface area (TPSA) is 107 Å². The number of benzene rings is 1.